The number of ether oxygens (including phenoxy) is 1. The van der Waals surface area contributed by atoms with Gasteiger partial charge < -0.3 is 4.74 Å². The van der Waals surface area contributed by atoms with E-state index in [2.05, 4.69) is 0 Å². The quantitative estimate of drug-likeness (QED) is 0.411. The summed E-state index contributed by atoms with van der Waals surface area (Å²) in [6, 6.07) is 0. The lowest BCUT2D eigenvalue weighted by molar-refractivity contribution is -0.153. The molecule has 2 amide bonds. The third-order valence-electron chi connectivity index (χ3n) is 4.15. The SMILES string of the molecule is CCOC(=O)CN1C(=O)[C@@H]2[C@H](C1=O)[C@H]1C=C[C@H]2C1. The molecule has 0 N–H and O–H groups in total. The van der Waals surface area contributed by atoms with Gasteiger partial charge in [0, 0.05) is 0 Å². The zero-order valence-electron chi connectivity index (χ0n) is 10.2. The molecule has 96 valence electrons. The number of carbonyl (C=O) groups excluding carboxylic acids is 3. The second-order valence-corrected chi connectivity index (χ2v) is 5.07. The first kappa shape index (κ1) is 11.4. The minimum Gasteiger partial charge on any atom is -0.465 e. The minimum atomic E-state index is -0.514. The monoisotopic (exact) mass is 249 g/mol. The highest BCUT2D eigenvalue weighted by Crippen LogP contribution is 2.52. The Morgan fingerprint density at radius 1 is 1.28 bits per heavy atom. The van der Waals surface area contributed by atoms with E-state index in [9.17, 15) is 14.4 Å². The van der Waals surface area contributed by atoms with E-state index in [1.807, 2.05) is 12.2 Å². The highest BCUT2D eigenvalue weighted by Gasteiger charge is 2.59. The van der Waals surface area contributed by atoms with E-state index in [1.54, 1.807) is 6.92 Å². The van der Waals surface area contributed by atoms with E-state index in [1.165, 1.54) is 0 Å². The third kappa shape index (κ3) is 1.43. The maximum atomic E-state index is 12.2. The predicted octanol–water partition coefficient (Wildman–Crippen LogP) is 0.357. The van der Waals surface area contributed by atoms with E-state index < -0.39 is 5.97 Å². The van der Waals surface area contributed by atoms with Crippen LogP contribution in [0.2, 0.25) is 0 Å². The zero-order valence-corrected chi connectivity index (χ0v) is 10.2. The molecule has 0 spiro atoms. The fourth-order valence-electron chi connectivity index (χ4n) is 3.46. The number of imide groups is 1. The highest BCUT2D eigenvalue weighted by molar-refractivity contribution is 6.08. The maximum Gasteiger partial charge on any atom is 0.326 e. The van der Waals surface area contributed by atoms with Crippen LogP contribution in [-0.2, 0) is 19.1 Å². The first-order valence-corrected chi connectivity index (χ1v) is 6.32. The summed E-state index contributed by atoms with van der Waals surface area (Å²) in [4.78, 5) is 36.9. The molecule has 3 rings (SSSR count). The van der Waals surface area contributed by atoms with Gasteiger partial charge in [0.1, 0.15) is 6.54 Å². The average molecular weight is 249 g/mol. The van der Waals surface area contributed by atoms with Gasteiger partial charge in [-0.15, -0.1) is 0 Å². The molecule has 5 nitrogen and oxygen atoms in total. The van der Waals surface area contributed by atoms with Crippen molar-refractivity contribution in [2.45, 2.75) is 13.3 Å². The predicted molar refractivity (Wildman–Crippen MR) is 61.1 cm³/mol. The molecule has 1 saturated heterocycles. The molecule has 2 bridgehead atoms. The molecule has 4 atom stereocenters. The van der Waals surface area contributed by atoms with Crippen molar-refractivity contribution >= 4 is 17.8 Å². The summed E-state index contributed by atoms with van der Waals surface area (Å²) in [5.41, 5.74) is 0. The van der Waals surface area contributed by atoms with E-state index in [0.29, 0.717) is 0 Å². The molecule has 0 radical (unpaired) electrons. The van der Waals surface area contributed by atoms with Gasteiger partial charge in [0.25, 0.3) is 0 Å². The first-order chi connectivity index (χ1) is 8.63. The fourth-order valence-corrected chi connectivity index (χ4v) is 3.46. The van der Waals surface area contributed by atoms with Crippen molar-refractivity contribution in [3.8, 4) is 0 Å². The number of fused-ring (bicyclic) bond motifs is 5. The number of likely N-dealkylation sites (tertiary alicyclic amines) is 1. The summed E-state index contributed by atoms with van der Waals surface area (Å²) in [5.74, 6) is -1.01. The van der Waals surface area contributed by atoms with E-state index >= 15 is 0 Å². The molecule has 1 saturated carbocycles. The van der Waals surface area contributed by atoms with Crippen LogP contribution in [-0.4, -0.2) is 35.8 Å². The molecular formula is C13H15NO4. The Morgan fingerprint density at radius 3 is 2.33 bits per heavy atom. The number of hydrogen-bond donors (Lipinski definition) is 0. The lowest BCUT2D eigenvalue weighted by Gasteiger charge is -2.15. The van der Waals surface area contributed by atoms with Crippen molar-refractivity contribution in [3.05, 3.63) is 12.2 Å². The normalized spacial score (nSPS) is 36.4. The Morgan fingerprint density at radius 2 is 1.83 bits per heavy atom. The van der Waals surface area contributed by atoms with Gasteiger partial charge in [-0.3, -0.25) is 19.3 Å². The summed E-state index contributed by atoms with van der Waals surface area (Å²) in [7, 11) is 0. The van der Waals surface area contributed by atoms with Gasteiger partial charge >= 0.3 is 5.97 Å². The van der Waals surface area contributed by atoms with Gasteiger partial charge in [-0.05, 0) is 25.2 Å². The minimum absolute atomic E-state index is 0.184. The Bertz CT molecular complexity index is 426. The van der Waals surface area contributed by atoms with Gasteiger partial charge in [-0.25, -0.2) is 0 Å². The van der Waals surface area contributed by atoms with Gasteiger partial charge in [0.05, 0.1) is 18.4 Å². The Labute approximate surface area is 105 Å². The second-order valence-electron chi connectivity index (χ2n) is 5.07. The maximum absolute atomic E-state index is 12.2. The number of carbonyl (C=O) groups is 3. The standard InChI is InChI=1S/C13H15NO4/c1-2-18-9(15)6-14-12(16)10-7-3-4-8(5-7)11(10)13(14)17/h3-4,7-8,10-11H,2,5-6H2,1H3/t7-,8-,10-,11+/m0/s1. The second kappa shape index (κ2) is 3.93. The van der Waals surface area contributed by atoms with Crippen LogP contribution < -0.4 is 0 Å². The van der Waals surface area contributed by atoms with Crippen LogP contribution in [0, 0.1) is 23.7 Å². The van der Waals surface area contributed by atoms with Gasteiger partial charge in [-0.1, -0.05) is 12.2 Å². The molecule has 0 unspecified atom stereocenters. The van der Waals surface area contributed by atoms with Crippen molar-refractivity contribution in [2.75, 3.05) is 13.2 Å². The number of esters is 1. The fraction of sp³-hybridized carbons (Fsp3) is 0.615. The number of allylic oxidation sites excluding steroid dienone is 2. The van der Waals surface area contributed by atoms with Crippen LogP contribution >= 0.6 is 0 Å². The van der Waals surface area contributed by atoms with Crippen molar-refractivity contribution in [2.24, 2.45) is 23.7 Å². The number of amides is 2. The van der Waals surface area contributed by atoms with Crippen LogP contribution in [0.5, 0.6) is 0 Å². The Kier molecular flexibility index (Phi) is 2.50. The van der Waals surface area contributed by atoms with Crippen molar-refractivity contribution in [1.82, 2.24) is 4.90 Å². The van der Waals surface area contributed by atoms with E-state index in [-0.39, 0.29) is 48.6 Å². The summed E-state index contributed by atoms with van der Waals surface area (Å²) >= 11 is 0. The van der Waals surface area contributed by atoms with Gasteiger partial charge in [0.2, 0.25) is 11.8 Å². The Hall–Kier alpha value is -1.65. The topological polar surface area (TPSA) is 63.7 Å². The highest BCUT2D eigenvalue weighted by atomic mass is 16.5. The van der Waals surface area contributed by atoms with E-state index in [4.69, 9.17) is 4.74 Å². The van der Waals surface area contributed by atoms with Crippen molar-refractivity contribution in [1.29, 1.82) is 0 Å². The van der Waals surface area contributed by atoms with Crippen LogP contribution in [0.15, 0.2) is 12.2 Å². The molecule has 3 aliphatic rings. The molecule has 0 aromatic heterocycles. The molecule has 5 heteroatoms. The summed E-state index contributed by atoms with van der Waals surface area (Å²) in [6.07, 6.45) is 4.97. The molecule has 2 aliphatic carbocycles. The van der Waals surface area contributed by atoms with Crippen LogP contribution in [0.25, 0.3) is 0 Å². The lowest BCUT2D eigenvalue weighted by atomic mass is 9.85. The van der Waals surface area contributed by atoms with Gasteiger partial charge in [-0.2, -0.15) is 0 Å². The van der Waals surface area contributed by atoms with Crippen LogP contribution in [0.1, 0.15) is 13.3 Å². The molecule has 1 aliphatic heterocycles. The summed E-state index contributed by atoms with van der Waals surface area (Å²) in [6.45, 7) is 1.72. The smallest absolute Gasteiger partial charge is 0.326 e. The molecule has 18 heavy (non-hydrogen) atoms. The van der Waals surface area contributed by atoms with Crippen molar-refractivity contribution in [3.63, 3.8) is 0 Å². The molecule has 0 aromatic carbocycles. The average Bonchev–Trinajstić information content (AvgIpc) is 2.99. The summed E-state index contributed by atoms with van der Waals surface area (Å²) in [5, 5.41) is 0. The van der Waals surface area contributed by atoms with Crippen LogP contribution in [0.4, 0.5) is 0 Å². The lowest BCUT2D eigenvalue weighted by Crippen LogP contribution is -2.37. The molecule has 1 heterocycles. The molecular weight excluding hydrogens is 234 g/mol. The van der Waals surface area contributed by atoms with Crippen molar-refractivity contribution < 1.29 is 19.1 Å². The molecule has 2 fully saturated rings. The van der Waals surface area contributed by atoms with Crippen LogP contribution in [0.3, 0.4) is 0 Å². The first-order valence-electron chi connectivity index (χ1n) is 6.32. The number of nitrogens with zero attached hydrogens (tertiary/aromatic N) is 1. The third-order valence-corrected chi connectivity index (χ3v) is 4.15. The van der Waals surface area contributed by atoms with Gasteiger partial charge in [0.15, 0.2) is 0 Å². The zero-order chi connectivity index (χ0) is 12.9. The Balaban J connectivity index is 1.78. The number of hydrogen-bond acceptors (Lipinski definition) is 4. The van der Waals surface area contributed by atoms with E-state index in [0.717, 1.165) is 11.3 Å². The summed E-state index contributed by atoms with van der Waals surface area (Å²) < 4.78 is 4.79. The molecule has 0 aromatic rings. The largest absolute Gasteiger partial charge is 0.465 e. The number of rotatable bonds is 3.